The van der Waals surface area contributed by atoms with E-state index in [0.717, 1.165) is 6.07 Å². The van der Waals surface area contributed by atoms with Gasteiger partial charge < -0.3 is 16.3 Å². The van der Waals surface area contributed by atoms with E-state index in [0.29, 0.717) is 0 Å². The SMILES string of the molecule is Cc1c([N+](=O)[O-])cc(C#N)c(N)c1[N+](=O)[O-].O.O=CO. The molecule has 0 fully saturated rings. The summed E-state index contributed by atoms with van der Waals surface area (Å²) in [5, 5.41) is 36.8. The number of benzene rings is 1. The number of nitriles is 1. The van der Waals surface area contributed by atoms with Crippen LogP contribution in [-0.4, -0.2) is 26.9 Å². The molecule has 0 radical (unpaired) electrons. The van der Waals surface area contributed by atoms with Crippen LogP contribution < -0.4 is 5.73 Å². The molecule has 0 aliphatic heterocycles. The van der Waals surface area contributed by atoms with Crippen molar-refractivity contribution in [2.45, 2.75) is 6.92 Å². The lowest BCUT2D eigenvalue weighted by atomic mass is 10.1. The van der Waals surface area contributed by atoms with E-state index in [1.54, 1.807) is 6.07 Å². The van der Waals surface area contributed by atoms with Gasteiger partial charge in [0.15, 0.2) is 0 Å². The highest BCUT2D eigenvalue weighted by molar-refractivity contribution is 5.75. The average Bonchev–Trinajstić information content (AvgIpc) is 2.29. The second kappa shape index (κ2) is 7.95. The van der Waals surface area contributed by atoms with Crippen LogP contribution in [0.4, 0.5) is 17.1 Å². The van der Waals surface area contributed by atoms with Crippen LogP contribution >= 0.6 is 0 Å². The summed E-state index contributed by atoms with van der Waals surface area (Å²) in [6, 6.07) is 2.51. The minimum Gasteiger partial charge on any atom is -0.483 e. The highest BCUT2D eigenvalue weighted by atomic mass is 16.6. The van der Waals surface area contributed by atoms with E-state index in [-0.39, 0.29) is 28.8 Å². The zero-order chi connectivity index (χ0) is 15.2. The molecule has 0 aliphatic rings. The van der Waals surface area contributed by atoms with Crippen LogP contribution in [0.25, 0.3) is 0 Å². The highest BCUT2D eigenvalue weighted by Crippen LogP contribution is 2.35. The predicted molar refractivity (Wildman–Crippen MR) is 65.9 cm³/mol. The first-order valence-electron chi connectivity index (χ1n) is 4.51. The monoisotopic (exact) mass is 286 g/mol. The molecule has 0 saturated carbocycles. The molecular formula is C9H10N4O7. The van der Waals surface area contributed by atoms with Crippen LogP contribution in [0, 0.1) is 38.5 Å². The van der Waals surface area contributed by atoms with Gasteiger partial charge in [0, 0.05) is 6.07 Å². The summed E-state index contributed by atoms with van der Waals surface area (Å²) >= 11 is 0. The number of nitrogen functional groups attached to an aromatic ring is 1. The Kier molecular flexibility index (Phi) is 7.59. The number of nitrogens with zero attached hydrogens (tertiary/aromatic N) is 3. The predicted octanol–water partition coefficient (Wildman–Crippen LogP) is 0.141. The third-order valence-corrected chi connectivity index (χ3v) is 2.07. The Balaban J connectivity index is 0. The minimum absolute atomic E-state index is 0. The fourth-order valence-corrected chi connectivity index (χ4v) is 1.29. The number of nitro benzene ring substituents is 2. The van der Waals surface area contributed by atoms with Gasteiger partial charge in [-0.15, -0.1) is 0 Å². The molecule has 0 aromatic heterocycles. The van der Waals surface area contributed by atoms with Crippen LogP contribution in [0.5, 0.6) is 0 Å². The van der Waals surface area contributed by atoms with E-state index in [1.165, 1.54) is 6.92 Å². The Morgan fingerprint density at radius 2 is 1.85 bits per heavy atom. The van der Waals surface area contributed by atoms with Gasteiger partial charge in [0.2, 0.25) is 0 Å². The molecule has 0 bridgehead atoms. The van der Waals surface area contributed by atoms with Crippen molar-refractivity contribution in [3.8, 4) is 6.07 Å². The number of anilines is 1. The largest absolute Gasteiger partial charge is 0.483 e. The van der Waals surface area contributed by atoms with Crippen LogP contribution in [0.1, 0.15) is 11.1 Å². The average molecular weight is 286 g/mol. The molecule has 1 aromatic rings. The Bertz CT molecular complexity index is 579. The van der Waals surface area contributed by atoms with Gasteiger partial charge >= 0.3 is 5.69 Å². The molecule has 0 amide bonds. The lowest BCUT2D eigenvalue weighted by molar-refractivity contribution is -0.394. The minimum atomic E-state index is -0.835. The smallest absolute Gasteiger partial charge is 0.303 e. The third-order valence-electron chi connectivity index (χ3n) is 2.07. The summed E-state index contributed by atoms with van der Waals surface area (Å²) in [4.78, 5) is 28.0. The number of carbonyl (C=O) groups is 1. The summed E-state index contributed by atoms with van der Waals surface area (Å²) in [5.41, 5.74) is 3.51. The molecule has 0 heterocycles. The Labute approximate surface area is 111 Å². The number of carboxylic acid groups (broad SMARTS) is 1. The quantitative estimate of drug-likeness (QED) is 0.330. The lowest BCUT2D eigenvalue weighted by Gasteiger charge is -2.03. The first kappa shape index (κ1) is 19.1. The molecule has 20 heavy (non-hydrogen) atoms. The number of nitrogens with two attached hydrogens (primary N) is 1. The van der Waals surface area contributed by atoms with Crippen molar-refractivity contribution in [1.82, 2.24) is 0 Å². The first-order chi connectivity index (χ1) is 8.81. The summed E-state index contributed by atoms with van der Waals surface area (Å²) < 4.78 is 0. The first-order valence-corrected chi connectivity index (χ1v) is 4.51. The van der Waals surface area contributed by atoms with E-state index >= 15 is 0 Å². The van der Waals surface area contributed by atoms with Crippen LogP contribution in [0.15, 0.2) is 6.07 Å². The Hall–Kier alpha value is -3.26. The maximum absolute atomic E-state index is 10.7. The molecule has 0 unspecified atom stereocenters. The van der Waals surface area contributed by atoms with E-state index in [4.69, 9.17) is 20.9 Å². The van der Waals surface area contributed by atoms with E-state index in [2.05, 4.69) is 0 Å². The van der Waals surface area contributed by atoms with Crippen molar-refractivity contribution < 1.29 is 25.2 Å². The molecule has 0 atom stereocenters. The van der Waals surface area contributed by atoms with Crippen LogP contribution in [0.2, 0.25) is 0 Å². The zero-order valence-electron chi connectivity index (χ0n) is 10.1. The van der Waals surface area contributed by atoms with Gasteiger partial charge in [-0.2, -0.15) is 5.26 Å². The van der Waals surface area contributed by atoms with Crippen LogP contribution in [-0.2, 0) is 4.79 Å². The van der Waals surface area contributed by atoms with E-state index < -0.39 is 21.2 Å². The summed E-state index contributed by atoms with van der Waals surface area (Å²) in [6.07, 6.45) is 0. The molecule has 108 valence electrons. The molecule has 11 nitrogen and oxygen atoms in total. The molecule has 11 heteroatoms. The molecule has 0 saturated heterocycles. The van der Waals surface area contributed by atoms with Gasteiger partial charge in [-0.1, -0.05) is 0 Å². The number of hydrogen-bond acceptors (Lipinski definition) is 7. The maximum Gasteiger partial charge on any atom is 0.303 e. The van der Waals surface area contributed by atoms with Gasteiger partial charge in [-0.05, 0) is 6.92 Å². The normalized spacial score (nSPS) is 8.20. The zero-order valence-corrected chi connectivity index (χ0v) is 10.1. The highest BCUT2D eigenvalue weighted by Gasteiger charge is 2.27. The summed E-state index contributed by atoms with van der Waals surface area (Å²) in [6.45, 7) is 0.966. The van der Waals surface area contributed by atoms with Gasteiger partial charge in [-0.25, -0.2) is 0 Å². The van der Waals surface area contributed by atoms with E-state index in [9.17, 15) is 20.2 Å². The van der Waals surface area contributed by atoms with Crippen molar-refractivity contribution in [2.75, 3.05) is 5.73 Å². The summed E-state index contributed by atoms with van der Waals surface area (Å²) in [5.74, 6) is 0. The van der Waals surface area contributed by atoms with E-state index in [1.807, 2.05) is 0 Å². The molecule has 1 rings (SSSR count). The van der Waals surface area contributed by atoms with Crippen molar-refractivity contribution in [3.63, 3.8) is 0 Å². The van der Waals surface area contributed by atoms with Gasteiger partial charge in [0.25, 0.3) is 12.2 Å². The topological polar surface area (TPSA) is 205 Å². The van der Waals surface area contributed by atoms with Crippen molar-refractivity contribution >= 4 is 23.5 Å². The van der Waals surface area contributed by atoms with Crippen molar-refractivity contribution in [2.24, 2.45) is 0 Å². The lowest BCUT2D eigenvalue weighted by Crippen LogP contribution is -2.04. The number of rotatable bonds is 2. The molecule has 0 aliphatic carbocycles. The summed E-state index contributed by atoms with van der Waals surface area (Å²) in [7, 11) is 0. The number of hydrogen-bond donors (Lipinski definition) is 2. The molecular weight excluding hydrogens is 276 g/mol. The fourth-order valence-electron chi connectivity index (χ4n) is 1.29. The van der Waals surface area contributed by atoms with Gasteiger partial charge in [0.05, 0.1) is 15.4 Å². The third kappa shape index (κ3) is 3.89. The van der Waals surface area contributed by atoms with Crippen molar-refractivity contribution in [3.05, 3.63) is 37.4 Å². The Morgan fingerprint density at radius 3 is 2.15 bits per heavy atom. The molecule has 0 spiro atoms. The van der Waals surface area contributed by atoms with Gasteiger partial charge in [-0.3, -0.25) is 25.0 Å². The Morgan fingerprint density at radius 1 is 1.40 bits per heavy atom. The van der Waals surface area contributed by atoms with Gasteiger partial charge in [0.1, 0.15) is 17.3 Å². The van der Waals surface area contributed by atoms with Crippen molar-refractivity contribution in [1.29, 1.82) is 5.26 Å². The standard InChI is InChI=1S/C8H6N4O4.CH2O2.H2O/c1-4-6(11(13)14)2-5(3-9)7(10)8(4)12(15)16;2-1-3;/h2H,10H2,1H3;1H,(H,2,3);1H2. The molecule has 5 N–H and O–H groups in total. The maximum atomic E-state index is 10.7. The molecule has 1 aromatic carbocycles. The second-order valence-corrected chi connectivity index (χ2v) is 3.06. The second-order valence-electron chi connectivity index (χ2n) is 3.06. The van der Waals surface area contributed by atoms with Crippen LogP contribution in [0.3, 0.4) is 0 Å². The number of nitro groups is 2. The fraction of sp³-hybridized carbons (Fsp3) is 0.111.